The van der Waals surface area contributed by atoms with E-state index in [4.69, 9.17) is 5.73 Å². The Bertz CT molecular complexity index is 455. The van der Waals surface area contributed by atoms with Crippen LogP contribution in [-0.2, 0) is 0 Å². The van der Waals surface area contributed by atoms with Gasteiger partial charge in [-0.05, 0) is 25.5 Å². The van der Waals surface area contributed by atoms with E-state index in [9.17, 15) is 0 Å². The van der Waals surface area contributed by atoms with Gasteiger partial charge >= 0.3 is 0 Å². The lowest BCUT2D eigenvalue weighted by Crippen LogP contribution is -2.19. The van der Waals surface area contributed by atoms with Crippen molar-refractivity contribution in [2.75, 3.05) is 6.54 Å². The normalized spacial score (nSPS) is 13.3. The highest BCUT2D eigenvalue weighted by Gasteiger charge is 2.13. The second-order valence-corrected chi connectivity index (χ2v) is 3.82. The number of rotatable bonds is 3. The Morgan fingerprint density at radius 3 is 2.80 bits per heavy atom. The predicted molar refractivity (Wildman–Crippen MR) is 62.9 cm³/mol. The molecule has 2 rings (SSSR count). The fourth-order valence-electron chi connectivity index (χ4n) is 2.08. The van der Waals surface area contributed by atoms with E-state index in [1.165, 1.54) is 5.52 Å². The summed E-state index contributed by atoms with van der Waals surface area (Å²) in [4.78, 5) is 4.54. The molecular weight excluding hydrogens is 186 g/mol. The third kappa shape index (κ3) is 1.63. The van der Waals surface area contributed by atoms with Gasteiger partial charge in [-0.25, -0.2) is 4.98 Å². The van der Waals surface area contributed by atoms with Gasteiger partial charge in [-0.15, -0.1) is 0 Å². The van der Waals surface area contributed by atoms with Crippen molar-refractivity contribution in [3.05, 3.63) is 30.1 Å². The molecular formula is C12H17N3. The standard InChI is InChI=1S/C12H17N3/c1-3-10(8-13)15-9(2)14-11-6-4-5-7-12(11)15/h4-7,10H,3,8,13H2,1-2H3. The van der Waals surface area contributed by atoms with Crippen LogP contribution in [0.25, 0.3) is 11.0 Å². The van der Waals surface area contributed by atoms with Gasteiger partial charge in [-0.1, -0.05) is 19.1 Å². The molecule has 0 saturated heterocycles. The Hall–Kier alpha value is -1.35. The van der Waals surface area contributed by atoms with E-state index in [1.54, 1.807) is 0 Å². The summed E-state index contributed by atoms with van der Waals surface area (Å²) >= 11 is 0. The Balaban J connectivity index is 2.62. The van der Waals surface area contributed by atoms with E-state index in [-0.39, 0.29) is 0 Å². The predicted octanol–water partition coefficient (Wildman–Crippen LogP) is 2.25. The van der Waals surface area contributed by atoms with Gasteiger partial charge in [0.1, 0.15) is 5.82 Å². The molecule has 0 bridgehead atoms. The van der Waals surface area contributed by atoms with Gasteiger partial charge in [-0.2, -0.15) is 0 Å². The van der Waals surface area contributed by atoms with Gasteiger partial charge in [0.15, 0.2) is 0 Å². The molecule has 1 aromatic heterocycles. The fourth-order valence-corrected chi connectivity index (χ4v) is 2.08. The van der Waals surface area contributed by atoms with Crippen molar-refractivity contribution < 1.29 is 0 Å². The molecule has 1 heterocycles. The quantitative estimate of drug-likeness (QED) is 0.831. The smallest absolute Gasteiger partial charge is 0.107 e. The van der Waals surface area contributed by atoms with Gasteiger partial charge in [0.2, 0.25) is 0 Å². The molecule has 0 aliphatic heterocycles. The van der Waals surface area contributed by atoms with Crippen molar-refractivity contribution in [1.82, 2.24) is 9.55 Å². The van der Waals surface area contributed by atoms with E-state index >= 15 is 0 Å². The highest BCUT2D eigenvalue weighted by atomic mass is 15.1. The van der Waals surface area contributed by atoms with Gasteiger partial charge in [0, 0.05) is 12.6 Å². The maximum absolute atomic E-state index is 5.79. The molecule has 0 radical (unpaired) electrons. The van der Waals surface area contributed by atoms with Crippen LogP contribution in [-0.4, -0.2) is 16.1 Å². The van der Waals surface area contributed by atoms with E-state index in [0.717, 1.165) is 17.8 Å². The number of fused-ring (bicyclic) bond motifs is 1. The fraction of sp³-hybridized carbons (Fsp3) is 0.417. The molecule has 1 atom stereocenters. The van der Waals surface area contributed by atoms with Crippen molar-refractivity contribution >= 4 is 11.0 Å². The summed E-state index contributed by atoms with van der Waals surface area (Å²) < 4.78 is 2.25. The molecule has 0 saturated carbocycles. The highest BCUT2D eigenvalue weighted by Crippen LogP contribution is 2.21. The largest absolute Gasteiger partial charge is 0.328 e. The molecule has 0 fully saturated rings. The van der Waals surface area contributed by atoms with Gasteiger partial charge in [0.05, 0.1) is 11.0 Å². The number of aryl methyl sites for hydroxylation is 1. The molecule has 0 aliphatic rings. The number of hydrogen-bond acceptors (Lipinski definition) is 2. The average Bonchev–Trinajstić information content (AvgIpc) is 2.58. The first-order valence-corrected chi connectivity index (χ1v) is 5.41. The van der Waals surface area contributed by atoms with Crippen LogP contribution in [0.15, 0.2) is 24.3 Å². The molecule has 3 heteroatoms. The topological polar surface area (TPSA) is 43.8 Å². The molecule has 1 aromatic carbocycles. The van der Waals surface area contributed by atoms with Crippen LogP contribution in [0.4, 0.5) is 0 Å². The average molecular weight is 203 g/mol. The first-order chi connectivity index (χ1) is 7.27. The molecule has 0 spiro atoms. The van der Waals surface area contributed by atoms with Crippen LogP contribution < -0.4 is 5.73 Å². The number of para-hydroxylation sites is 2. The zero-order chi connectivity index (χ0) is 10.8. The Kier molecular flexibility index (Phi) is 2.73. The van der Waals surface area contributed by atoms with E-state index in [1.807, 2.05) is 25.1 Å². The lowest BCUT2D eigenvalue weighted by atomic mass is 10.2. The van der Waals surface area contributed by atoms with Crippen LogP contribution in [0.1, 0.15) is 25.2 Å². The maximum Gasteiger partial charge on any atom is 0.107 e. The second kappa shape index (κ2) is 4.03. The molecule has 2 aromatic rings. The summed E-state index contributed by atoms with van der Waals surface area (Å²) in [5.41, 5.74) is 8.03. The van der Waals surface area contributed by atoms with Crippen molar-refractivity contribution in [3.8, 4) is 0 Å². The lowest BCUT2D eigenvalue weighted by Gasteiger charge is -2.17. The van der Waals surface area contributed by atoms with Crippen LogP contribution >= 0.6 is 0 Å². The molecule has 0 aliphatic carbocycles. The number of nitrogens with two attached hydrogens (primary N) is 1. The summed E-state index contributed by atoms with van der Waals surface area (Å²) in [7, 11) is 0. The summed E-state index contributed by atoms with van der Waals surface area (Å²) in [5.74, 6) is 1.05. The molecule has 2 N–H and O–H groups in total. The third-order valence-corrected chi connectivity index (χ3v) is 2.88. The summed E-state index contributed by atoms with van der Waals surface area (Å²) in [5, 5.41) is 0. The van der Waals surface area contributed by atoms with Crippen molar-refractivity contribution in [3.63, 3.8) is 0 Å². The lowest BCUT2D eigenvalue weighted by molar-refractivity contribution is 0.498. The van der Waals surface area contributed by atoms with Gasteiger partial charge in [0.25, 0.3) is 0 Å². The molecule has 3 nitrogen and oxygen atoms in total. The zero-order valence-electron chi connectivity index (χ0n) is 9.27. The first kappa shape index (κ1) is 10.2. The van der Waals surface area contributed by atoms with Gasteiger partial charge in [-0.3, -0.25) is 0 Å². The Morgan fingerprint density at radius 2 is 2.13 bits per heavy atom. The van der Waals surface area contributed by atoms with Crippen LogP contribution in [0.2, 0.25) is 0 Å². The number of benzene rings is 1. The highest BCUT2D eigenvalue weighted by molar-refractivity contribution is 5.76. The SMILES string of the molecule is CCC(CN)n1c(C)nc2ccccc21. The minimum Gasteiger partial charge on any atom is -0.328 e. The van der Waals surface area contributed by atoms with Crippen LogP contribution in [0, 0.1) is 6.92 Å². The minimum absolute atomic E-state index is 0.359. The summed E-state index contributed by atoms with van der Waals surface area (Å²) in [6, 6.07) is 8.57. The molecule has 1 unspecified atom stereocenters. The number of imidazole rings is 1. The third-order valence-electron chi connectivity index (χ3n) is 2.88. The maximum atomic E-state index is 5.79. The van der Waals surface area contributed by atoms with Crippen LogP contribution in [0.5, 0.6) is 0 Å². The van der Waals surface area contributed by atoms with E-state index in [2.05, 4.69) is 22.5 Å². The Morgan fingerprint density at radius 1 is 1.40 bits per heavy atom. The number of hydrogen-bond donors (Lipinski definition) is 1. The van der Waals surface area contributed by atoms with E-state index < -0.39 is 0 Å². The van der Waals surface area contributed by atoms with Crippen molar-refractivity contribution in [2.45, 2.75) is 26.3 Å². The monoisotopic (exact) mass is 203 g/mol. The van der Waals surface area contributed by atoms with Crippen molar-refractivity contribution in [2.24, 2.45) is 5.73 Å². The molecule has 80 valence electrons. The number of aromatic nitrogens is 2. The Labute approximate surface area is 89.9 Å². The number of nitrogens with zero attached hydrogens (tertiary/aromatic N) is 2. The zero-order valence-corrected chi connectivity index (χ0v) is 9.27. The minimum atomic E-state index is 0.359. The van der Waals surface area contributed by atoms with Crippen molar-refractivity contribution in [1.29, 1.82) is 0 Å². The summed E-state index contributed by atoms with van der Waals surface area (Å²) in [6.07, 6.45) is 1.04. The van der Waals surface area contributed by atoms with E-state index in [0.29, 0.717) is 12.6 Å². The molecule has 0 amide bonds. The first-order valence-electron chi connectivity index (χ1n) is 5.41. The van der Waals surface area contributed by atoms with Gasteiger partial charge < -0.3 is 10.3 Å². The molecule has 15 heavy (non-hydrogen) atoms. The second-order valence-electron chi connectivity index (χ2n) is 3.82. The van der Waals surface area contributed by atoms with Crippen LogP contribution in [0.3, 0.4) is 0 Å². The summed E-state index contributed by atoms with van der Waals surface area (Å²) in [6.45, 7) is 4.86.